The van der Waals surface area contributed by atoms with Crippen molar-refractivity contribution in [2.24, 2.45) is 0 Å². The van der Waals surface area contributed by atoms with Gasteiger partial charge < -0.3 is 15.2 Å². The van der Waals surface area contributed by atoms with Crippen molar-refractivity contribution in [3.05, 3.63) is 34.3 Å². The number of amides is 1. The highest BCUT2D eigenvalue weighted by Crippen LogP contribution is 2.17. The maximum atomic E-state index is 11.8. The molecule has 2 rings (SSSR count). The molecule has 92 valence electrons. The van der Waals surface area contributed by atoms with E-state index < -0.39 is 5.60 Å². The molecule has 1 aromatic carbocycles. The van der Waals surface area contributed by atoms with Gasteiger partial charge in [0, 0.05) is 29.6 Å². The van der Waals surface area contributed by atoms with E-state index in [2.05, 4.69) is 21.2 Å². The van der Waals surface area contributed by atoms with Gasteiger partial charge in [0.05, 0.1) is 6.61 Å². The van der Waals surface area contributed by atoms with E-state index in [0.717, 1.165) is 4.47 Å². The lowest BCUT2D eigenvalue weighted by molar-refractivity contribution is 0.0264. The second-order valence-electron chi connectivity index (χ2n) is 4.22. The molecule has 4 nitrogen and oxygen atoms in total. The van der Waals surface area contributed by atoms with Gasteiger partial charge in [-0.15, -0.1) is 0 Å². The largest absolute Gasteiger partial charge is 0.386 e. The van der Waals surface area contributed by atoms with E-state index in [0.29, 0.717) is 18.6 Å². The fourth-order valence-electron chi connectivity index (χ4n) is 1.71. The summed E-state index contributed by atoms with van der Waals surface area (Å²) in [6.45, 7) is 1.05. The quantitative estimate of drug-likeness (QED) is 0.885. The van der Waals surface area contributed by atoms with Gasteiger partial charge in [-0.1, -0.05) is 22.0 Å². The van der Waals surface area contributed by atoms with E-state index in [1.165, 1.54) is 0 Å². The Morgan fingerprint density at radius 3 is 3.06 bits per heavy atom. The number of hydrogen-bond donors (Lipinski definition) is 2. The highest BCUT2D eigenvalue weighted by Gasteiger charge is 2.32. The van der Waals surface area contributed by atoms with Gasteiger partial charge in [-0.2, -0.15) is 0 Å². The maximum Gasteiger partial charge on any atom is 0.251 e. The molecule has 1 amide bonds. The molecule has 0 saturated carbocycles. The van der Waals surface area contributed by atoms with Crippen LogP contribution in [0.3, 0.4) is 0 Å². The minimum atomic E-state index is -0.915. The Morgan fingerprint density at radius 2 is 2.41 bits per heavy atom. The van der Waals surface area contributed by atoms with Gasteiger partial charge in [0.25, 0.3) is 5.91 Å². The Labute approximate surface area is 108 Å². The normalized spacial score (nSPS) is 23.6. The van der Waals surface area contributed by atoms with Crippen molar-refractivity contribution in [1.29, 1.82) is 0 Å². The van der Waals surface area contributed by atoms with Crippen molar-refractivity contribution in [2.45, 2.75) is 12.0 Å². The third kappa shape index (κ3) is 3.28. The first-order chi connectivity index (χ1) is 8.09. The minimum Gasteiger partial charge on any atom is -0.386 e. The Hall–Kier alpha value is -0.910. The van der Waals surface area contributed by atoms with E-state index >= 15 is 0 Å². The summed E-state index contributed by atoms with van der Waals surface area (Å²) in [6, 6.07) is 7.13. The summed E-state index contributed by atoms with van der Waals surface area (Å²) in [5, 5.41) is 12.7. The molecule has 0 spiro atoms. The lowest BCUT2D eigenvalue weighted by atomic mass is 10.0. The van der Waals surface area contributed by atoms with Gasteiger partial charge in [-0.05, 0) is 18.2 Å². The van der Waals surface area contributed by atoms with Gasteiger partial charge in [-0.25, -0.2) is 0 Å². The van der Waals surface area contributed by atoms with Gasteiger partial charge in [0.15, 0.2) is 0 Å². The summed E-state index contributed by atoms with van der Waals surface area (Å²) >= 11 is 3.31. The average molecular weight is 300 g/mol. The Bertz CT molecular complexity index is 416. The first-order valence-electron chi connectivity index (χ1n) is 5.43. The van der Waals surface area contributed by atoms with E-state index in [1.807, 2.05) is 6.07 Å². The second kappa shape index (κ2) is 5.16. The molecule has 1 heterocycles. The van der Waals surface area contributed by atoms with Crippen LogP contribution in [-0.2, 0) is 4.74 Å². The molecule has 2 N–H and O–H groups in total. The van der Waals surface area contributed by atoms with Gasteiger partial charge in [0.2, 0.25) is 0 Å². The zero-order chi connectivity index (χ0) is 12.3. The molecule has 1 fully saturated rings. The highest BCUT2D eigenvalue weighted by atomic mass is 79.9. The van der Waals surface area contributed by atoms with Crippen LogP contribution >= 0.6 is 15.9 Å². The Balaban J connectivity index is 1.93. The number of carbonyl (C=O) groups excluding carboxylic acids is 1. The van der Waals surface area contributed by atoms with E-state index in [4.69, 9.17) is 4.74 Å². The van der Waals surface area contributed by atoms with Crippen molar-refractivity contribution in [3.63, 3.8) is 0 Å². The maximum absolute atomic E-state index is 11.8. The highest BCUT2D eigenvalue weighted by molar-refractivity contribution is 9.10. The van der Waals surface area contributed by atoms with Crippen LogP contribution in [0.5, 0.6) is 0 Å². The van der Waals surface area contributed by atoms with Crippen molar-refractivity contribution < 1.29 is 14.6 Å². The van der Waals surface area contributed by atoms with Gasteiger partial charge in [-0.3, -0.25) is 4.79 Å². The average Bonchev–Trinajstić information content (AvgIpc) is 2.74. The molecule has 0 bridgehead atoms. The number of carbonyl (C=O) groups is 1. The lowest BCUT2D eigenvalue weighted by Crippen LogP contribution is -2.43. The van der Waals surface area contributed by atoms with Crippen LogP contribution in [0.4, 0.5) is 0 Å². The first-order valence-corrected chi connectivity index (χ1v) is 6.22. The molecule has 17 heavy (non-hydrogen) atoms. The van der Waals surface area contributed by atoms with Gasteiger partial charge >= 0.3 is 0 Å². The number of ether oxygens (including phenoxy) is 1. The molecule has 0 aromatic heterocycles. The smallest absolute Gasteiger partial charge is 0.251 e. The number of hydrogen-bond acceptors (Lipinski definition) is 3. The van der Waals surface area contributed by atoms with Crippen LogP contribution in [0.1, 0.15) is 16.8 Å². The minimum absolute atomic E-state index is 0.188. The zero-order valence-corrected chi connectivity index (χ0v) is 10.9. The lowest BCUT2D eigenvalue weighted by Gasteiger charge is -2.20. The molecule has 0 unspecified atom stereocenters. The van der Waals surface area contributed by atoms with E-state index in [-0.39, 0.29) is 19.1 Å². The van der Waals surface area contributed by atoms with Crippen LogP contribution in [0.15, 0.2) is 28.7 Å². The molecule has 0 radical (unpaired) electrons. The monoisotopic (exact) mass is 299 g/mol. The Kier molecular flexibility index (Phi) is 3.81. The molecule has 1 aliphatic rings. The van der Waals surface area contributed by atoms with Gasteiger partial charge in [0.1, 0.15) is 5.60 Å². The SMILES string of the molecule is O=C(NC[C@]1(O)CCOC1)c1cccc(Br)c1. The van der Waals surface area contributed by atoms with Crippen molar-refractivity contribution >= 4 is 21.8 Å². The summed E-state index contributed by atoms with van der Waals surface area (Å²) in [7, 11) is 0. The number of rotatable bonds is 3. The van der Waals surface area contributed by atoms with E-state index in [9.17, 15) is 9.90 Å². The number of benzene rings is 1. The van der Waals surface area contributed by atoms with Crippen LogP contribution in [0, 0.1) is 0 Å². The number of halogens is 1. The third-order valence-corrected chi connectivity index (χ3v) is 3.24. The Morgan fingerprint density at radius 1 is 1.59 bits per heavy atom. The second-order valence-corrected chi connectivity index (χ2v) is 5.14. The summed E-state index contributed by atoms with van der Waals surface area (Å²) < 4.78 is 5.96. The van der Waals surface area contributed by atoms with E-state index in [1.54, 1.807) is 18.2 Å². The molecular formula is C12H14BrNO3. The molecular weight excluding hydrogens is 286 g/mol. The first kappa shape index (κ1) is 12.5. The summed E-state index contributed by atoms with van der Waals surface area (Å²) in [5.41, 5.74) is -0.344. The molecule has 1 aliphatic heterocycles. The summed E-state index contributed by atoms with van der Waals surface area (Å²) in [4.78, 5) is 11.8. The predicted octanol–water partition coefficient (Wildman–Crippen LogP) is 1.33. The molecule has 5 heteroatoms. The van der Waals surface area contributed by atoms with Crippen LogP contribution < -0.4 is 5.32 Å². The molecule has 1 atom stereocenters. The number of nitrogens with one attached hydrogen (secondary N) is 1. The standard InChI is InChI=1S/C12H14BrNO3/c13-10-3-1-2-9(6-10)11(15)14-7-12(16)4-5-17-8-12/h1-3,6,16H,4-5,7-8H2,(H,14,15)/t12-/m1/s1. The topological polar surface area (TPSA) is 58.6 Å². The van der Waals surface area contributed by atoms with Crippen LogP contribution in [0.25, 0.3) is 0 Å². The molecule has 1 saturated heterocycles. The fourth-order valence-corrected chi connectivity index (χ4v) is 2.11. The fraction of sp³-hybridized carbons (Fsp3) is 0.417. The molecule has 0 aliphatic carbocycles. The predicted molar refractivity (Wildman–Crippen MR) is 66.9 cm³/mol. The summed E-state index contributed by atoms with van der Waals surface area (Å²) in [6.07, 6.45) is 0.561. The van der Waals surface area contributed by atoms with Crippen LogP contribution in [-0.4, -0.2) is 36.4 Å². The zero-order valence-electron chi connectivity index (χ0n) is 9.28. The van der Waals surface area contributed by atoms with Crippen molar-refractivity contribution in [3.8, 4) is 0 Å². The number of aliphatic hydroxyl groups is 1. The van der Waals surface area contributed by atoms with Crippen molar-refractivity contribution in [1.82, 2.24) is 5.32 Å². The third-order valence-electron chi connectivity index (χ3n) is 2.75. The van der Waals surface area contributed by atoms with Crippen LogP contribution in [0.2, 0.25) is 0 Å². The van der Waals surface area contributed by atoms with Crippen molar-refractivity contribution in [2.75, 3.05) is 19.8 Å². The summed E-state index contributed by atoms with van der Waals surface area (Å²) in [5.74, 6) is -0.188. The molecule has 1 aromatic rings.